The van der Waals surface area contributed by atoms with Gasteiger partial charge in [-0.25, -0.2) is 8.78 Å². The lowest BCUT2D eigenvalue weighted by Crippen LogP contribution is -2.11. The molecule has 1 nitrogen and oxygen atoms in total. The average molecular weight is 261 g/mol. The molecule has 0 spiro atoms. The van der Waals surface area contributed by atoms with Gasteiger partial charge in [0.1, 0.15) is 11.6 Å². The molecule has 0 atom stereocenters. The minimum absolute atomic E-state index is 0.0540. The van der Waals surface area contributed by atoms with Crippen LogP contribution in [0.15, 0.2) is 36.4 Å². The first-order valence-electron chi connectivity index (χ1n) is 6.38. The van der Waals surface area contributed by atoms with Gasteiger partial charge >= 0.3 is 0 Å². The van der Waals surface area contributed by atoms with Crippen molar-refractivity contribution in [3.05, 3.63) is 59.2 Å². The molecule has 0 heterocycles. The zero-order chi connectivity index (χ0) is 13.8. The van der Waals surface area contributed by atoms with Crippen molar-refractivity contribution in [1.29, 1.82) is 0 Å². The van der Waals surface area contributed by atoms with Crippen LogP contribution in [0.25, 0.3) is 11.1 Å². The molecule has 0 aliphatic heterocycles. The van der Waals surface area contributed by atoms with Crippen molar-refractivity contribution in [1.82, 2.24) is 5.32 Å². The molecule has 19 heavy (non-hydrogen) atoms. The lowest BCUT2D eigenvalue weighted by Gasteiger charge is -2.09. The number of aryl methyl sites for hydroxylation is 1. The highest BCUT2D eigenvalue weighted by molar-refractivity contribution is 5.66. The molecule has 2 rings (SSSR count). The third-order valence-corrected chi connectivity index (χ3v) is 3.08. The van der Waals surface area contributed by atoms with Crippen molar-refractivity contribution in [2.75, 3.05) is 6.54 Å². The smallest absolute Gasteiger partial charge is 0.136 e. The van der Waals surface area contributed by atoms with Crippen LogP contribution in [0.5, 0.6) is 0 Å². The monoisotopic (exact) mass is 261 g/mol. The summed E-state index contributed by atoms with van der Waals surface area (Å²) >= 11 is 0. The van der Waals surface area contributed by atoms with Crippen molar-refractivity contribution in [2.24, 2.45) is 0 Å². The van der Waals surface area contributed by atoms with Crippen molar-refractivity contribution in [2.45, 2.75) is 20.4 Å². The van der Waals surface area contributed by atoms with E-state index in [1.54, 1.807) is 13.0 Å². The SMILES string of the molecule is CCNCc1cccc(-c2c(F)ccc(C)c2F)c1. The Kier molecular flexibility index (Phi) is 4.27. The van der Waals surface area contributed by atoms with Crippen LogP contribution in [-0.4, -0.2) is 6.54 Å². The topological polar surface area (TPSA) is 12.0 Å². The van der Waals surface area contributed by atoms with Gasteiger partial charge < -0.3 is 5.32 Å². The molecule has 2 aromatic carbocycles. The van der Waals surface area contributed by atoms with Crippen molar-refractivity contribution < 1.29 is 8.78 Å². The maximum atomic E-state index is 14.1. The standard InChI is InChI=1S/C16H17F2N/c1-3-19-10-12-5-4-6-13(9-12)15-14(17)8-7-11(2)16(15)18/h4-9,19H,3,10H2,1-2H3. The van der Waals surface area contributed by atoms with Crippen LogP contribution in [0, 0.1) is 18.6 Å². The van der Waals surface area contributed by atoms with E-state index in [1.807, 2.05) is 25.1 Å². The number of benzene rings is 2. The fraction of sp³-hybridized carbons (Fsp3) is 0.250. The van der Waals surface area contributed by atoms with Gasteiger partial charge in [0.05, 0.1) is 5.56 Å². The lowest BCUT2D eigenvalue weighted by molar-refractivity contribution is 0.583. The Bertz CT molecular complexity index is 579. The van der Waals surface area contributed by atoms with Crippen LogP contribution in [0.2, 0.25) is 0 Å². The van der Waals surface area contributed by atoms with Gasteiger partial charge in [-0.05, 0) is 42.3 Å². The molecular formula is C16H17F2N. The Morgan fingerprint density at radius 2 is 1.89 bits per heavy atom. The first-order valence-corrected chi connectivity index (χ1v) is 6.38. The molecule has 1 N–H and O–H groups in total. The highest BCUT2D eigenvalue weighted by atomic mass is 19.1. The Morgan fingerprint density at radius 3 is 2.63 bits per heavy atom. The fourth-order valence-corrected chi connectivity index (χ4v) is 2.03. The maximum Gasteiger partial charge on any atom is 0.136 e. The van der Waals surface area contributed by atoms with E-state index >= 15 is 0 Å². The third-order valence-electron chi connectivity index (χ3n) is 3.08. The number of nitrogens with one attached hydrogen (secondary N) is 1. The molecule has 0 aliphatic rings. The molecule has 100 valence electrons. The van der Waals surface area contributed by atoms with E-state index in [0.717, 1.165) is 12.1 Å². The van der Waals surface area contributed by atoms with E-state index in [0.29, 0.717) is 17.7 Å². The molecule has 0 aliphatic carbocycles. The molecular weight excluding hydrogens is 244 g/mol. The maximum absolute atomic E-state index is 14.1. The summed E-state index contributed by atoms with van der Waals surface area (Å²) in [4.78, 5) is 0. The van der Waals surface area contributed by atoms with E-state index in [-0.39, 0.29) is 5.56 Å². The number of rotatable bonds is 4. The van der Waals surface area contributed by atoms with E-state index in [4.69, 9.17) is 0 Å². The summed E-state index contributed by atoms with van der Waals surface area (Å²) in [6.07, 6.45) is 0. The second-order valence-electron chi connectivity index (χ2n) is 4.53. The Morgan fingerprint density at radius 1 is 1.11 bits per heavy atom. The third kappa shape index (κ3) is 2.99. The van der Waals surface area contributed by atoms with E-state index < -0.39 is 11.6 Å². The van der Waals surface area contributed by atoms with Crippen molar-refractivity contribution in [3.8, 4) is 11.1 Å². The highest BCUT2D eigenvalue weighted by Gasteiger charge is 2.13. The fourth-order valence-electron chi connectivity index (χ4n) is 2.03. The van der Waals surface area contributed by atoms with Crippen molar-refractivity contribution in [3.63, 3.8) is 0 Å². The molecule has 0 aromatic heterocycles. The van der Waals surface area contributed by atoms with E-state index in [1.165, 1.54) is 12.1 Å². The molecule has 0 amide bonds. The van der Waals surface area contributed by atoms with Crippen LogP contribution in [0.4, 0.5) is 8.78 Å². The first kappa shape index (κ1) is 13.7. The molecule has 0 bridgehead atoms. The van der Waals surface area contributed by atoms with Crippen LogP contribution in [-0.2, 0) is 6.54 Å². The summed E-state index contributed by atoms with van der Waals surface area (Å²) in [5.74, 6) is -1.01. The van der Waals surface area contributed by atoms with Gasteiger partial charge in [-0.1, -0.05) is 31.2 Å². The van der Waals surface area contributed by atoms with Gasteiger partial charge in [-0.3, -0.25) is 0 Å². The Hall–Kier alpha value is -1.74. The average Bonchev–Trinajstić information content (AvgIpc) is 2.42. The molecule has 0 saturated carbocycles. The lowest BCUT2D eigenvalue weighted by atomic mass is 10.00. The van der Waals surface area contributed by atoms with Gasteiger partial charge in [0.15, 0.2) is 0 Å². The van der Waals surface area contributed by atoms with E-state index in [2.05, 4.69) is 5.32 Å². The Balaban J connectivity index is 2.44. The Labute approximate surface area is 112 Å². The molecule has 2 aromatic rings. The zero-order valence-electron chi connectivity index (χ0n) is 11.1. The summed E-state index contributed by atoms with van der Waals surface area (Å²) in [5, 5.41) is 3.20. The second-order valence-corrected chi connectivity index (χ2v) is 4.53. The summed E-state index contributed by atoms with van der Waals surface area (Å²) in [5.41, 5.74) is 2.10. The van der Waals surface area contributed by atoms with Gasteiger partial charge in [-0.15, -0.1) is 0 Å². The first-order chi connectivity index (χ1) is 9.13. The quantitative estimate of drug-likeness (QED) is 0.875. The van der Waals surface area contributed by atoms with Gasteiger partial charge in [0.2, 0.25) is 0 Å². The van der Waals surface area contributed by atoms with Crippen LogP contribution >= 0.6 is 0 Å². The molecule has 3 heteroatoms. The van der Waals surface area contributed by atoms with Gasteiger partial charge in [0, 0.05) is 6.54 Å². The summed E-state index contributed by atoms with van der Waals surface area (Å²) < 4.78 is 27.9. The highest BCUT2D eigenvalue weighted by Crippen LogP contribution is 2.28. The second kappa shape index (κ2) is 5.93. The number of hydrogen-bond donors (Lipinski definition) is 1. The van der Waals surface area contributed by atoms with E-state index in [9.17, 15) is 8.78 Å². The van der Waals surface area contributed by atoms with Crippen LogP contribution < -0.4 is 5.32 Å². The zero-order valence-corrected chi connectivity index (χ0v) is 11.1. The number of hydrogen-bond acceptors (Lipinski definition) is 1. The largest absolute Gasteiger partial charge is 0.313 e. The normalized spacial score (nSPS) is 10.7. The van der Waals surface area contributed by atoms with Gasteiger partial charge in [0.25, 0.3) is 0 Å². The summed E-state index contributed by atoms with van der Waals surface area (Å²) in [6, 6.07) is 10.1. The minimum atomic E-state index is -0.524. The van der Waals surface area contributed by atoms with Crippen LogP contribution in [0.1, 0.15) is 18.1 Å². The number of halogens is 2. The minimum Gasteiger partial charge on any atom is -0.313 e. The molecule has 0 fully saturated rings. The summed E-state index contributed by atoms with van der Waals surface area (Å²) in [6.45, 7) is 5.21. The van der Waals surface area contributed by atoms with Gasteiger partial charge in [-0.2, -0.15) is 0 Å². The van der Waals surface area contributed by atoms with Crippen LogP contribution in [0.3, 0.4) is 0 Å². The molecule has 0 unspecified atom stereocenters. The molecule has 0 saturated heterocycles. The predicted molar refractivity (Wildman–Crippen MR) is 73.9 cm³/mol. The molecule has 0 radical (unpaired) electrons. The predicted octanol–water partition coefficient (Wildman–Crippen LogP) is 4.05. The van der Waals surface area contributed by atoms with Crippen molar-refractivity contribution >= 4 is 0 Å². The summed E-state index contributed by atoms with van der Waals surface area (Å²) in [7, 11) is 0.